The van der Waals surface area contributed by atoms with Crippen LogP contribution in [0.4, 0.5) is 0 Å². The zero-order valence-corrected chi connectivity index (χ0v) is 11.9. The molecule has 0 saturated heterocycles. The van der Waals surface area contributed by atoms with Crippen LogP contribution >= 0.6 is 15.9 Å². The second-order valence-electron chi connectivity index (χ2n) is 4.82. The predicted octanol–water partition coefficient (Wildman–Crippen LogP) is 3.56. The minimum Gasteiger partial charge on any atom is -0.481 e. The highest BCUT2D eigenvalue weighted by Gasteiger charge is 2.34. The van der Waals surface area contributed by atoms with Gasteiger partial charge in [0.05, 0.1) is 13.0 Å². The number of carbonyl (C=O) groups is 1. The van der Waals surface area contributed by atoms with Gasteiger partial charge in [-0.2, -0.15) is 0 Å². The highest BCUT2D eigenvalue weighted by molar-refractivity contribution is 9.10. The van der Waals surface area contributed by atoms with E-state index in [1.807, 2.05) is 18.2 Å². The van der Waals surface area contributed by atoms with Gasteiger partial charge in [-0.15, -0.1) is 0 Å². The standard InChI is InChI=1S/C14H17BrO3/c1-18-8-10-6-11(15)4-5-12(10)13(7-14(16)17)9-2-3-9/h4-6,9,13H,2-3,7-8H2,1H3,(H,16,17). The largest absolute Gasteiger partial charge is 0.481 e. The third-order valence-electron chi connectivity index (χ3n) is 3.39. The average Bonchev–Trinajstić information content (AvgIpc) is 3.11. The van der Waals surface area contributed by atoms with Gasteiger partial charge in [0.15, 0.2) is 0 Å². The van der Waals surface area contributed by atoms with Crippen LogP contribution in [0.25, 0.3) is 0 Å². The topological polar surface area (TPSA) is 46.5 Å². The molecule has 1 aliphatic rings. The van der Waals surface area contributed by atoms with Crippen LogP contribution in [0.1, 0.15) is 36.3 Å². The Morgan fingerprint density at radius 2 is 2.28 bits per heavy atom. The molecule has 0 spiro atoms. The Morgan fingerprint density at radius 3 is 2.83 bits per heavy atom. The van der Waals surface area contributed by atoms with E-state index in [1.165, 1.54) is 0 Å². The maximum atomic E-state index is 11.0. The molecule has 1 saturated carbocycles. The molecule has 1 atom stereocenters. The second kappa shape index (κ2) is 5.85. The van der Waals surface area contributed by atoms with Crippen LogP contribution in [0.15, 0.2) is 22.7 Å². The molecule has 1 aromatic carbocycles. The molecule has 0 aliphatic heterocycles. The Hall–Kier alpha value is -0.870. The van der Waals surface area contributed by atoms with E-state index in [0.29, 0.717) is 12.5 Å². The van der Waals surface area contributed by atoms with Crippen molar-refractivity contribution in [1.82, 2.24) is 0 Å². The molecule has 18 heavy (non-hydrogen) atoms. The number of rotatable bonds is 6. The zero-order valence-electron chi connectivity index (χ0n) is 10.4. The lowest BCUT2D eigenvalue weighted by atomic mass is 9.88. The summed E-state index contributed by atoms with van der Waals surface area (Å²) in [6.45, 7) is 0.525. The van der Waals surface area contributed by atoms with E-state index < -0.39 is 5.97 Å². The minimum absolute atomic E-state index is 0.126. The van der Waals surface area contributed by atoms with Gasteiger partial charge in [-0.05, 0) is 47.9 Å². The monoisotopic (exact) mass is 312 g/mol. The van der Waals surface area contributed by atoms with Gasteiger partial charge in [0, 0.05) is 11.6 Å². The number of ether oxygens (including phenoxy) is 1. The molecule has 1 aromatic rings. The van der Waals surface area contributed by atoms with Crippen LogP contribution in [0.3, 0.4) is 0 Å². The first kappa shape index (κ1) is 13.6. The Bertz CT molecular complexity index is 441. The number of hydrogen-bond donors (Lipinski definition) is 1. The minimum atomic E-state index is -0.724. The Morgan fingerprint density at radius 1 is 1.56 bits per heavy atom. The van der Waals surface area contributed by atoms with Crippen LogP contribution in [0.5, 0.6) is 0 Å². The molecule has 0 bridgehead atoms. The normalized spacial score (nSPS) is 16.6. The summed E-state index contributed by atoms with van der Waals surface area (Å²) >= 11 is 3.45. The maximum absolute atomic E-state index is 11.0. The van der Waals surface area contributed by atoms with Crippen LogP contribution in [0.2, 0.25) is 0 Å². The Balaban J connectivity index is 2.30. The summed E-state index contributed by atoms with van der Waals surface area (Å²) in [6, 6.07) is 6.03. The van der Waals surface area contributed by atoms with Gasteiger partial charge in [0.1, 0.15) is 0 Å². The lowest BCUT2D eigenvalue weighted by Gasteiger charge is -2.18. The van der Waals surface area contributed by atoms with Crippen LogP contribution in [-0.2, 0) is 16.1 Å². The lowest BCUT2D eigenvalue weighted by Crippen LogP contribution is -2.11. The first-order valence-electron chi connectivity index (χ1n) is 6.11. The molecule has 0 heterocycles. The van der Waals surface area contributed by atoms with Gasteiger partial charge in [-0.25, -0.2) is 0 Å². The summed E-state index contributed by atoms with van der Waals surface area (Å²) in [6.07, 6.45) is 2.49. The third-order valence-corrected chi connectivity index (χ3v) is 3.88. The van der Waals surface area contributed by atoms with Crippen LogP contribution < -0.4 is 0 Å². The SMILES string of the molecule is COCc1cc(Br)ccc1C(CC(=O)O)C1CC1. The first-order valence-corrected chi connectivity index (χ1v) is 6.90. The lowest BCUT2D eigenvalue weighted by molar-refractivity contribution is -0.137. The maximum Gasteiger partial charge on any atom is 0.303 e. The fraction of sp³-hybridized carbons (Fsp3) is 0.500. The smallest absolute Gasteiger partial charge is 0.303 e. The molecule has 4 heteroatoms. The van der Waals surface area contributed by atoms with E-state index in [9.17, 15) is 4.79 Å². The highest BCUT2D eigenvalue weighted by Crippen LogP contribution is 2.45. The molecule has 1 N–H and O–H groups in total. The van der Waals surface area contributed by atoms with Crippen LogP contribution in [-0.4, -0.2) is 18.2 Å². The fourth-order valence-electron chi connectivity index (χ4n) is 2.43. The number of carboxylic acids is 1. The molecule has 3 nitrogen and oxygen atoms in total. The number of aliphatic carboxylic acids is 1. The van der Waals surface area contributed by atoms with Crippen molar-refractivity contribution in [1.29, 1.82) is 0 Å². The molecule has 1 fully saturated rings. The summed E-state index contributed by atoms with van der Waals surface area (Å²) in [4.78, 5) is 11.0. The molecule has 1 aliphatic carbocycles. The number of benzene rings is 1. The number of methoxy groups -OCH3 is 1. The fourth-order valence-corrected chi connectivity index (χ4v) is 2.84. The van der Waals surface area contributed by atoms with Gasteiger partial charge < -0.3 is 9.84 Å². The Kier molecular flexibility index (Phi) is 4.40. The molecular weight excluding hydrogens is 296 g/mol. The molecule has 0 aromatic heterocycles. The van der Waals surface area contributed by atoms with Gasteiger partial charge >= 0.3 is 5.97 Å². The zero-order chi connectivity index (χ0) is 13.1. The Labute approximate surface area is 115 Å². The van der Waals surface area contributed by atoms with Crippen molar-refractivity contribution >= 4 is 21.9 Å². The molecule has 0 amide bonds. The van der Waals surface area contributed by atoms with E-state index in [0.717, 1.165) is 28.4 Å². The van der Waals surface area contributed by atoms with Crippen molar-refractivity contribution in [3.63, 3.8) is 0 Å². The van der Waals surface area contributed by atoms with E-state index >= 15 is 0 Å². The first-order chi connectivity index (χ1) is 8.61. The highest BCUT2D eigenvalue weighted by atomic mass is 79.9. The van der Waals surface area contributed by atoms with Crippen molar-refractivity contribution in [3.8, 4) is 0 Å². The van der Waals surface area contributed by atoms with Gasteiger partial charge in [0.2, 0.25) is 0 Å². The molecule has 0 radical (unpaired) electrons. The summed E-state index contributed by atoms with van der Waals surface area (Å²) in [5.41, 5.74) is 2.22. The summed E-state index contributed by atoms with van der Waals surface area (Å²) < 4.78 is 6.21. The van der Waals surface area contributed by atoms with Crippen molar-refractivity contribution in [2.24, 2.45) is 5.92 Å². The predicted molar refractivity (Wildman–Crippen MR) is 72.6 cm³/mol. The summed E-state index contributed by atoms with van der Waals surface area (Å²) in [7, 11) is 1.66. The van der Waals surface area contributed by atoms with E-state index in [1.54, 1.807) is 7.11 Å². The third kappa shape index (κ3) is 3.33. The number of hydrogen-bond acceptors (Lipinski definition) is 2. The van der Waals surface area contributed by atoms with E-state index in [4.69, 9.17) is 9.84 Å². The second-order valence-corrected chi connectivity index (χ2v) is 5.73. The van der Waals surface area contributed by atoms with Crippen molar-refractivity contribution in [2.45, 2.75) is 31.8 Å². The summed E-state index contributed by atoms with van der Waals surface area (Å²) in [5, 5.41) is 9.06. The molecule has 1 unspecified atom stereocenters. The quantitative estimate of drug-likeness (QED) is 0.873. The van der Waals surface area contributed by atoms with Gasteiger partial charge in [0.25, 0.3) is 0 Å². The van der Waals surface area contributed by atoms with Crippen molar-refractivity contribution in [2.75, 3.05) is 7.11 Å². The molecule has 98 valence electrons. The van der Waals surface area contributed by atoms with Crippen molar-refractivity contribution in [3.05, 3.63) is 33.8 Å². The number of carboxylic acid groups (broad SMARTS) is 1. The molecular formula is C14H17BrO3. The van der Waals surface area contributed by atoms with Crippen molar-refractivity contribution < 1.29 is 14.6 Å². The van der Waals surface area contributed by atoms with E-state index in [-0.39, 0.29) is 12.3 Å². The van der Waals surface area contributed by atoms with E-state index in [2.05, 4.69) is 15.9 Å². The van der Waals surface area contributed by atoms with Gasteiger partial charge in [-0.3, -0.25) is 4.79 Å². The summed E-state index contributed by atoms with van der Waals surface area (Å²) in [5.74, 6) is -0.0724. The van der Waals surface area contributed by atoms with Gasteiger partial charge in [-0.1, -0.05) is 22.0 Å². The van der Waals surface area contributed by atoms with Crippen LogP contribution in [0, 0.1) is 5.92 Å². The number of halogens is 1. The average molecular weight is 313 g/mol. The molecule has 2 rings (SSSR count).